The van der Waals surface area contributed by atoms with Crippen molar-refractivity contribution >= 4 is 32.7 Å². The van der Waals surface area contributed by atoms with Gasteiger partial charge < -0.3 is 10.6 Å². The lowest BCUT2D eigenvalue weighted by Crippen LogP contribution is -2.34. The summed E-state index contributed by atoms with van der Waals surface area (Å²) in [7, 11) is -1.19. The molecule has 1 aliphatic heterocycles. The lowest BCUT2D eigenvalue weighted by molar-refractivity contribution is 0.600. The Bertz CT molecular complexity index is 616. The van der Waals surface area contributed by atoms with Crippen LogP contribution in [-0.2, 0) is 9.84 Å². The molecule has 19 heavy (non-hydrogen) atoms. The van der Waals surface area contributed by atoms with Gasteiger partial charge in [0.25, 0.3) is 0 Å². The number of sulfone groups is 1. The topological polar surface area (TPSA) is 63.4 Å². The van der Waals surface area contributed by atoms with Gasteiger partial charge in [0, 0.05) is 24.3 Å². The Balaban J connectivity index is 2.34. The van der Waals surface area contributed by atoms with Crippen LogP contribution >= 0.6 is 12.2 Å². The van der Waals surface area contributed by atoms with Crippen molar-refractivity contribution in [2.45, 2.75) is 12.5 Å². The molecular weight excluding hydrogens is 287 g/mol. The van der Waals surface area contributed by atoms with Crippen LogP contribution in [0.25, 0.3) is 0 Å². The molecule has 0 aromatic heterocycles. The van der Waals surface area contributed by atoms with E-state index in [0.29, 0.717) is 17.7 Å². The summed E-state index contributed by atoms with van der Waals surface area (Å²) in [5, 5.41) is 0. The van der Waals surface area contributed by atoms with E-state index in [-0.39, 0.29) is 22.5 Å². The normalized spacial score (nSPS) is 21.3. The Labute approximate surface area is 117 Å². The fourth-order valence-electron chi connectivity index (χ4n) is 2.29. The van der Waals surface area contributed by atoms with Crippen LogP contribution in [0.3, 0.4) is 0 Å². The Morgan fingerprint density at radius 1 is 1.53 bits per heavy atom. The van der Waals surface area contributed by atoms with Gasteiger partial charge in [-0.3, -0.25) is 0 Å². The second kappa shape index (κ2) is 5.05. The second-order valence-electron chi connectivity index (χ2n) is 4.69. The molecule has 1 heterocycles. The van der Waals surface area contributed by atoms with E-state index in [1.54, 1.807) is 13.1 Å². The average molecular weight is 302 g/mol. The van der Waals surface area contributed by atoms with E-state index >= 15 is 0 Å². The lowest BCUT2D eigenvalue weighted by Gasteiger charge is -2.27. The maximum atomic E-state index is 13.2. The van der Waals surface area contributed by atoms with E-state index in [1.807, 2.05) is 4.90 Å². The summed E-state index contributed by atoms with van der Waals surface area (Å²) in [6, 6.07) is 4.05. The molecule has 0 bridgehead atoms. The highest BCUT2D eigenvalue weighted by Crippen LogP contribution is 2.26. The number of anilines is 1. The van der Waals surface area contributed by atoms with Gasteiger partial charge in [-0.05, 0) is 24.6 Å². The molecule has 0 saturated carbocycles. The molecule has 1 atom stereocenters. The van der Waals surface area contributed by atoms with Crippen LogP contribution in [0.5, 0.6) is 0 Å². The molecule has 1 saturated heterocycles. The molecule has 1 aromatic rings. The number of nitrogens with zero attached hydrogens (tertiary/aromatic N) is 1. The third kappa shape index (κ3) is 3.03. The maximum Gasteiger partial charge on any atom is 0.152 e. The van der Waals surface area contributed by atoms with Crippen molar-refractivity contribution in [1.82, 2.24) is 0 Å². The van der Waals surface area contributed by atoms with Gasteiger partial charge in [0.1, 0.15) is 10.8 Å². The minimum atomic E-state index is -2.97. The molecule has 1 aromatic carbocycles. The van der Waals surface area contributed by atoms with Crippen LogP contribution in [0.2, 0.25) is 0 Å². The molecule has 2 N–H and O–H groups in total. The van der Waals surface area contributed by atoms with Gasteiger partial charge in [-0.1, -0.05) is 12.2 Å². The zero-order valence-electron chi connectivity index (χ0n) is 10.5. The molecule has 2 rings (SSSR count). The van der Waals surface area contributed by atoms with E-state index in [0.717, 1.165) is 0 Å². The summed E-state index contributed by atoms with van der Waals surface area (Å²) >= 11 is 4.91. The Hall–Kier alpha value is -1.21. The Kier molecular flexibility index (Phi) is 3.78. The van der Waals surface area contributed by atoms with Crippen LogP contribution in [0.4, 0.5) is 10.1 Å². The summed E-state index contributed by atoms with van der Waals surface area (Å²) in [6.07, 6.45) is 0.562. The number of thiocarbonyl (C=S) groups is 1. The first-order valence-electron chi connectivity index (χ1n) is 5.83. The standard InChI is InChI=1S/C12H15FN2O2S2/c1-15(9-4-5-19(16,17)7-9)11-3-2-8(13)6-10(11)12(14)18/h2-3,6,9H,4-5,7H2,1H3,(H2,14,18). The van der Waals surface area contributed by atoms with E-state index in [4.69, 9.17) is 18.0 Å². The lowest BCUT2D eigenvalue weighted by atomic mass is 10.1. The quantitative estimate of drug-likeness (QED) is 0.847. The van der Waals surface area contributed by atoms with Gasteiger partial charge in [-0.15, -0.1) is 0 Å². The van der Waals surface area contributed by atoms with Crippen LogP contribution < -0.4 is 10.6 Å². The number of halogens is 1. The first kappa shape index (κ1) is 14.2. The number of hydrogen-bond acceptors (Lipinski definition) is 4. The first-order chi connectivity index (χ1) is 8.80. The summed E-state index contributed by atoms with van der Waals surface area (Å²) in [4.78, 5) is 1.92. The highest BCUT2D eigenvalue weighted by Gasteiger charge is 2.31. The Morgan fingerprint density at radius 2 is 2.21 bits per heavy atom. The largest absolute Gasteiger partial charge is 0.389 e. The van der Waals surface area contributed by atoms with Crippen LogP contribution in [0.1, 0.15) is 12.0 Å². The Morgan fingerprint density at radius 3 is 2.74 bits per heavy atom. The summed E-state index contributed by atoms with van der Waals surface area (Å²) in [5.74, 6) is -0.123. The fourth-order valence-corrected chi connectivity index (χ4v) is 4.23. The van der Waals surface area contributed by atoms with Gasteiger partial charge in [-0.2, -0.15) is 0 Å². The summed E-state index contributed by atoms with van der Waals surface area (Å²) < 4.78 is 36.3. The van der Waals surface area contributed by atoms with Crippen LogP contribution in [-0.4, -0.2) is 38.0 Å². The molecule has 7 heteroatoms. The SMILES string of the molecule is CN(c1ccc(F)cc1C(N)=S)C1CCS(=O)(=O)C1. The first-order valence-corrected chi connectivity index (χ1v) is 8.06. The third-order valence-electron chi connectivity index (χ3n) is 3.36. The fraction of sp³-hybridized carbons (Fsp3) is 0.417. The zero-order chi connectivity index (χ0) is 14.2. The highest BCUT2D eigenvalue weighted by atomic mass is 32.2. The summed E-state index contributed by atoms with van der Waals surface area (Å²) in [6.45, 7) is 0. The van der Waals surface area contributed by atoms with E-state index in [2.05, 4.69) is 0 Å². The average Bonchev–Trinajstić information content (AvgIpc) is 2.68. The van der Waals surface area contributed by atoms with Crippen molar-refractivity contribution in [3.8, 4) is 0 Å². The second-order valence-corrected chi connectivity index (χ2v) is 7.36. The van der Waals surface area contributed by atoms with Crippen molar-refractivity contribution in [3.05, 3.63) is 29.6 Å². The molecule has 0 spiro atoms. The van der Waals surface area contributed by atoms with Crippen molar-refractivity contribution in [2.24, 2.45) is 5.73 Å². The molecular formula is C12H15FN2O2S2. The van der Waals surface area contributed by atoms with E-state index in [1.165, 1.54) is 12.1 Å². The van der Waals surface area contributed by atoms with E-state index < -0.39 is 15.7 Å². The van der Waals surface area contributed by atoms with Gasteiger partial charge in [0.05, 0.1) is 11.5 Å². The van der Waals surface area contributed by atoms with Crippen molar-refractivity contribution in [1.29, 1.82) is 0 Å². The molecule has 1 fully saturated rings. The maximum absolute atomic E-state index is 13.2. The molecule has 1 aliphatic rings. The monoisotopic (exact) mass is 302 g/mol. The van der Waals surface area contributed by atoms with Gasteiger partial charge in [0.2, 0.25) is 0 Å². The van der Waals surface area contributed by atoms with Gasteiger partial charge >= 0.3 is 0 Å². The molecule has 0 radical (unpaired) electrons. The van der Waals surface area contributed by atoms with E-state index in [9.17, 15) is 12.8 Å². The smallest absolute Gasteiger partial charge is 0.152 e. The number of hydrogen-bond donors (Lipinski definition) is 1. The minimum absolute atomic E-state index is 0.0993. The summed E-state index contributed by atoms with van der Waals surface area (Å²) in [5.41, 5.74) is 6.69. The van der Waals surface area contributed by atoms with Crippen LogP contribution in [0, 0.1) is 5.82 Å². The van der Waals surface area contributed by atoms with Crippen molar-refractivity contribution in [2.75, 3.05) is 23.5 Å². The number of benzene rings is 1. The molecule has 104 valence electrons. The molecule has 0 amide bonds. The molecule has 4 nitrogen and oxygen atoms in total. The van der Waals surface area contributed by atoms with Crippen molar-refractivity contribution < 1.29 is 12.8 Å². The number of rotatable bonds is 3. The predicted molar refractivity (Wildman–Crippen MR) is 77.7 cm³/mol. The number of nitrogens with two attached hydrogens (primary N) is 1. The minimum Gasteiger partial charge on any atom is -0.389 e. The zero-order valence-corrected chi connectivity index (χ0v) is 12.1. The predicted octanol–water partition coefficient (Wildman–Crippen LogP) is 1.08. The van der Waals surface area contributed by atoms with Crippen LogP contribution in [0.15, 0.2) is 18.2 Å². The van der Waals surface area contributed by atoms with Gasteiger partial charge in [-0.25, -0.2) is 12.8 Å². The highest BCUT2D eigenvalue weighted by molar-refractivity contribution is 7.91. The molecule has 1 unspecified atom stereocenters. The third-order valence-corrected chi connectivity index (χ3v) is 5.33. The molecule has 0 aliphatic carbocycles. The van der Waals surface area contributed by atoms with Crippen molar-refractivity contribution in [3.63, 3.8) is 0 Å². The van der Waals surface area contributed by atoms with Gasteiger partial charge in [0.15, 0.2) is 9.84 Å².